The number of carboxylic acid groups (broad SMARTS) is 1. The lowest BCUT2D eigenvalue weighted by Gasteiger charge is -2.20. The number of carboxylic acids is 1. The summed E-state index contributed by atoms with van der Waals surface area (Å²) in [5.41, 5.74) is 6.81. The Labute approximate surface area is 156 Å². The molecule has 0 aliphatic carbocycles. The van der Waals surface area contributed by atoms with Gasteiger partial charge in [-0.2, -0.15) is 0 Å². The zero-order valence-corrected chi connectivity index (χ0v) is 14.8. The predicted molar refractivity (Wildman–Crippen MR) is 101 cm³/mol. The molecule has 8 nitrogen and oxygen atoms in total. The molecule has 0 aromatic heterocycles. The van der Waals surface area contributed by atoms with E-state index in [-0.39, 0.29) is 30.0 Å². The highest BCUT2D eigenvalue weighted by Crippen LogP contribution is 2.27. The average Bonchev–Trinajstić information content (AvgIpc) is 2.64. The van der Waals surface area contributed by atoms with E-state index in [0.29, 0.717) is 5.56 Å². The van der Waals surface area contributed by atoms with Crippen molar-refractivity contribution in [3.8, 4) is 0 Å². The van der Waals surface area contributed by atoms with Crippen LogP contribution in [0, 0.1) is 17.0 Å². The zero-order chi connectivity index (χ0) is 20.0. The smallest absolute Gasteiger partial charge is 0.320 e. The Bertz CT molecular complexity index is 838. The van der Waals surface area contributed by atoms with Crippen LogP contribution in [0.15, 0.2) is 48.5 Å². The van der Waals surface area contributed by atoms with Gasteiger partial charge in [0, 0.05) is 11.6 Å². The van der Waals surface area contributed by atoms with E-state index in [0.717, 1.165) is 5.56 Å². The standard InChI is InChI=1S/C19H21N3O5/c1-12-7-10-17(22(26)27)16(11-12)21-15(9-8-14(20)19(24)25)18(23)13-5-3-2-4-6-13/h2-7,10-11,14-15,21H,8-9,20H2,1H3,(H,24,25). The van der Waals surface area contributed by atoms with Gasteiger partial charge in [-0.25, -0.2) is 0 Å². The summed E-state index contributed by atoms with van der Waals surface area (Å²) in [6.45, 7) is 1.78. The largest absolute Gasteiger partial charge is 0.480 e. The summed E-state index contributed by atoms with van der Waals surface area (Å²) in [6.07, 6.45) is 0.164. The number of Topliss-reactive ketones (excluding diaryl/α,β-unsaturated/α-hetero) is 1. The van der Waals surface area contributed by atoms with Crippen LogP contribution in [-0.2, 0) is 4.79 Å². The van der Waals surface area contributed by atoms with Gasteiger partial charge >= 0.3 is 5.97 Å². The molecule has 0 aliphatic heterocycles. The van der Waals surface area contributed by atoms with E-state index in [1.54, 1.807) is 49.4 Å². The van der Waals surface area contributed by atoms with E-state index in [9.17, 15) is 19.7 Å². The first kappa shape index (κ1) is 20.1. The molecule has 4 N–H and O–H groups in total. The van der Waals surface area contributed by atoms with E-state index >= 15 is 0 Å². The Morgan fingerprint density at radius 3 is 2.44 bits per heavy atom. The second-order valence-corrected chi connectivity index (χ2v) is 6.23. The number of rotatable bonds is 9. The minimum atomic E-state index is -1.16. The van der Waals surface area contributed by atoms with Gasteiger partial charge in [0.2, 0.25) is 0 Å². The third kappa shape index (κ3) is 5.35. The molecule has 2 unspecified atom stereocenters. The number of carbonyl (C=O) groups is 2. The number of nitro benzene ring substituents is 1. The molecule has 0 radical (unpaired) electrons. The molecule has 2 rings (SSSR count). The molecule has 0 heterocycles. The SMILES string of the molecule is Cc1ccc([N+](=O)[O-])c(NC(CCC(N)C(=O)O)C(=O)c2ccccc2)c1. The number of benzene rings is 2. The van der Waals surface area contributed by atoms with E-state index in [1.165, 1.54) is 6.07 Å². The van der Waals surface area contributed by atoms with Crippen LogP contribution in [0.1, 0.15) is 28.8 Å². The fourth-order valence-corrected chi connectivity index (χ4v) is 2.65. The highest BCUT2D eigenvalue weighted by Gasteiger charge is 2.25. The van der Waals surface area contributed by atoms with E-state index in [1.807, 2.05) is 0 Å². The van der Waals surface area contributed by atoms with Gasteiger partial charge in [-0.15, -0.1) is 0 Å². The number of nitrogens with zero attached hydrogens (tertiary/aromatic N) is 1. The van der Waals surface area contributed by atoms with Gasteiger partial charge in [0.25, 0.3) is 5.69 Å². The van der Waals surface area contributed by atoms with E-state index in [4.69, 9.17) is 10.8 Å². The summed E-state index contributed by atoms with van der Waals surface area (Å²) in [5.74, 6) is -1.45. The Kier molecular flexibility index (Phi) is 6.62. The number of hydrogen-bond acceptors (Lipinski definition) is 6. The molecule has 0 saturated carbocycles. The normalized spacial score (nSPS) is 12.8. The maximum atomic E-state index is 12.9. The third-order valence-electron chi connectivity index (χ3n) is 4.14. The molecule has 2 aromatic rings. The lowest BCUT2D eigenvalue weighted by atomic mass is 9.97. The minimum Gasteiger partial charge on any atom is -0.480 e. The lowest BCUT2D eigenvalue weighted by Crippen LogP contribution is -2.35. The van der Waals surface area contributed by atoms with Crippen LogP contribution in [0.5, 0.6) is 0 Å². The van der Waals surface area contributed by atoms with Gasteiger partial charge < -0.3 is 16.2 Å². The number of nitro groups is 1. The van der Waals surface area contributed by atoms with Gasteiger partial charge in [-0.3, -0.25) is 19.7 Å². The van der Waals surface area contributed by atoms with Crippen LogP contribution in [0.2, 0.25) is 0 Å². The summed E-state index contributed by atoms with van der Waals surface area (Å²) < 4.78 is 0. The topological polar surface area (TPSA) is 136 Å². The number of carbonyl (C=O) groups excluding carboxylic acids is 1. The summed E-state index contributed by atoms with van der Waals surface area (Å²) >= 11 is 0. The van der Waals surface area contributed by atoms with Crippen molar-refractivity contribution in [1.29, 1.82) is 0 Å². The molecule has 0 fully saturated rings. The van der Waals surface area contributed by atoms with Gasteiger partial charge in [0.15, 0.2) is 5.78 Å². The van der Waals surface area contributed by atoms with Crippen LogP contribution in [0.25, 0.3) is 0 Å². The molecule has 2 aromatic carbocycles. The maximum Gasteiger partial charge on any atom is 0.320 e. The van der Waals surface area contributed by atoms with Crippen LogP contribution in [0.3, 0.4) is 0 Å². The van der Waals surface area contributed by atoms with Crippen molar-refractivity contribution in [2.45, 2.75) is 31.8 Å². The summed E-state index contributed by atoms with van der Waals surface area (Å²) in [4.78, 5) is 34.6. The fraction of sp³-hybridized carbons (Fsp3) is 0.263. The van der Waals surface area contributed by atoms with Crippen molar-refractivity contribution >= 4 is 23.1 Å². The molecule has 8 heteroatoms. The lowest BCUT2D eigenvalue weighted by molar-refractivity contribution is -0.384. The number of anilines is 1. The number of hydrogen-bond donors (Lipinski definition) is 3. The van der Waals surface area contributed by atoms with Crippen molar-refractivity contribution in [2.24, 2.45) is 5.73 Å². The van der Waals surface area contributed by atoms with Crippen molar-refractivity contribution in [3.05, 3.63) is 69.8 Å². The maximum absolute atomic E-state index is 12.9. The Morgan fingerprint density at radius 2 is 1.85 bits per heavy atom. The Hall–Kier alpha value is -3.26. The molecule has 27 heavy (non-hydrogen) atoms. The molecular formula is C19H21N3O5. The van der Waals surface area contributed by atoms with Crippen molar-refractivity contribution in [3.63, 3.8) is 0 Å². The second kappa shape index (κ2) is 8.91. The third-order valence-corrected chi connectivity index (χ3v) is 4.14. The quantitative estimate of drug-likeness (QED) is 0.350. The van der Waals surface area contributed by atoms with E-state index < -0.39 is 23.0 Å². The zero-order valence-electron chi connectivity index (χ0n) is 14.8. The summed E-state index contributed by atoms with van der Waals surface area (Å²) in [6, 6.07) is 11.1. The van der Waals surface area contributed by atoms with Crippen LogP contribution < -0.4 is 11.1 Å². The van der Waals surface area contributed by atoms with Gasteiger partial charge in [-0.1, -0.05) is 36.4 Å². The van der Waals surface area contributed by atoms with Crippen molar-refractivity contribution in [1.82, 2.24) is 0 Å². The van der Waals surface area contributed by atoms with Crippen LogP contribution >= 0.6 is 0 Å². The van der Waals surface area contributed by atoms with Gasteiger partial charge in [-0.05, 0) is 31.4 Å². The van der Waals surface area contributed by atoms with Crippen molar-refractivity contribution < 1.29 is 19.6 Å². The van der Waals surface area contributed by atoms with Gasteiger partial charge in [0.1, 0.15) is 11.7 Å². The Morgan fingerprint density at radius 1 is 1.19 bits per heavy atom. The summed E-state index contributed by atoms with van der Waals surface area (Å²) in [7, 11) is 0. The number of nitrogens with one attached hydrogen (secondary N) is 1. The van der Waals surface area contributed by atoms with E-state index in [2.05, 4.69) is 5.32 Å². The number of aliphatic carboxylic acids is 1. The van der Waals surface area contributed by atoms with Gasteiger partial charge in [0.05, 0.1) is 11.0 Å². The molecule has 142 valence electrons. The molecule has 0 aliphatic rings. The van der Waals surface area contributed by atoms with Crippen LogP contribution in [-0.4, -0.2) is 33.9 Å². The first-order chi connectivity index (χ1) is 12.8. The number of aryl methyl sites for hydroxylation is 1. The highest BCUT2D eigenvalue weighted by atomic mass is 16.6. The number of nitrogens with two attached hydrogens (primary N) is 1. The fourth-order valence-electron chi connectivity index (χ4n) is 2.65. The highest BCUT2D eigenvalue weighted by molar-refractivity contribution is 6.01. The first-order valence-electron chi connectivity index (χ1n) is 8.39. The molecule has 0 spiro atoms. The molecule has 0 amide bonds. The molecule has 0 saturated heterocycles. The second-order valence-electron chi connectivity index (χ2n) is 6.23. The number of ketones is 1. The molecular weight excluding hydrogens is 350 g/mol. The molecule has 2 atom stereocenters. The molecule has 0 bridgehead atoms. The monoisotopic (exact) mass is 371 g/mol. The summed E-state index contributed by atoms with van der Waals surface area (Å²) in [5, 5.41) is 23.2. The van der Waals surface area contributed by atoms with Crippen molar-refractivity contribution in [2.75, 3.05) is 5.32 Å². The predicted octanol–water partition coefficient (Wildman–Crippen LogP) is 2.76. The minimum absolute atomic E-state index is 0.0468. The average molecular weight is 371 g/mol. The first-order valence-corrected chi connectivity index (χ1v) is 8.39. The van der Waals surface area contributed by atoms with Crippen LogP contribution in [0.4, 0.5) is 11.4 Å². The Balaban J connectivity index is 2.32.